The molecule has 2 nitrogen and oxygen atoms in total. The molecule has 2 atom stereocenters. The van der Waals surface area contributed by atoms with Crippen molar-refractivity contribution in [1.29, 1.82) is 0 Å². The highest BCUT2D eigenvalue weighted by Crippen LogP contribution is 2.29. The predicted molar refractivity (Wildman–Crippen MR) is 66.9 cm³/mol. The summed E-state index contributed by atoms with van der Waals surface area (Å²) >= 11 is 0. The van der Waals surface area contributed by atoms with Crippen molar-refractivity contribution >= 4 is 0 Å². The topological polar surface area (TPSA) is 21.3 Å². The third-order valence-electron chi connectivity index (χ3n) is 3.49. The van der Waals surface area contributed by atoms with Gasteiger partial charge >= 0.3 is 6.18 Å². The maximum absolute atomic E-state index is 12.4. The summed E-state index contributed by atoms with van der Waals surface area (Å²) in [5.74, 6) is 0.469. The summed E-state index contributed by atoms with van der Waals surface area (Å²) < 4.78 is 42.4. The van der Waals surface area contributed by atoms with Crippen molar-refractivity contribution < 1.29 is 17.9 Å². The summed E-state index contributed by atoms with van der Waals surface area (Å²) in [6.45, 7) is 1.58. The van der Waals surface area contributed by atoms with Crippen molar-refractivity contribution in [1.82, 2.24) is 5.32 Å². The van der Waals surface area contributed by atoms with Crippen LogP contribution in [0.3, 0.4) is 0 Å². The molecule has 1 unspecified atom stereocenters. The number of rotatable bonds is 4. The molecule has 1 aromatic rings. The van der Waals surface area contributed by atoms with Crippen LogP contribution in [0.15, 0.2) is 24.3 Å². The van der Waals surface area contributed by atoms with E-state index in [0.717, 1.165) is 37.1 Å². The van der Waals surface area contributed by atoms with Crippen LogP contribution in [0.4, 0.5) is 13.2 Å². The Kier molecular flexibility index (Phi) is 4.47. The highest BCUT2D eigenvalue weighted by Gasteiger charge is 2.30. The van der Waals surface area contributed by atoms with Gasteiger partial charge in [0.25, 0.3) is 0 Å². The molecule has 0 amide bonds. The van der Waals surface area contributed by atoms with Crippen LogP contribution in [0, 0.1) is 5.92 Å². The molecule has 1 heterocycles. The number of benzene rings is 1. The van der Waals surface area contributed by atoms with Gasteiger partial charge in [0.05, 0.1) is 12.2 Å². The van der Waals surface area contributed by atoms with Gasteiger partial charge in [0.2, 0.25) is 0 Å². The van der Waals surface area contributed by atoms with Gasteiger partial charge in [-0.05, 0) is 43.0 Å². The van der Waals surface area contributed by atoms with Crippen LogP contribution in [-0.2, 0) is 17.3 Å². The fourth-order valence-corrected chi connectivity index (χ4v) is 2.55. The van der Waals surface area contributed by atoms with E-state index in [1.807, 2.05) is 0 Å². The van der Waals surface area contributed by atoms with Gasteiger partial charge in [-0.2, -0.15) is 13.2 Å². The van der Waals surface area contributed by atoms with E-state index in [0.29, 0.717) is 18.6 Å². The first kappa shape index (κ1) is 14.3. The molecule has 19 heavy (non-hydrogen) atoms. The first-order valence-electron chi connectivity index (χ1n) is 6.37. The largest absolute Gasteiger partial charge is 0.416 e. The second kappa shape index (κ2) is 5.92. The zero-order chi connectivity index (χ0) is 13.9. The van der Waals surface area contributed by atoms with Crippen molar-refractivity contribution in [3.05, 3.63) is 35.4 Å². The van der Waals surface area contributed by atoms with Crippen molar-refractivity contribution in [2.24, 2.45) is 5.92 Å². The summed E-state index contributed by atoms with van der Waals surface area (Å²) in [4.78, 5) is 0. The summed E-state index contributed by atoms with van der Waals surface area (Å²) in [6, 6.07) is 5.83. The third-order valence-corrected chi connectivity index (χ3v) is 3.49. The van der Waals surface area contributed by atoms with Crippen LogP contribution in [0.25, 0.3) is 0 Å². The minimum absolute atomic E-state index is 0.365. The van der Waals surface area contributed by atoms with E-state index in [1.165, 1.54) is 0 Å². The van der Waals surface area contributed by atoms with Gasteiger partial charge in [0.15, 0.2) is 0 Å². The number of methoxy groups -OCH3 is 1. The summed E-state index contributed by atoms with van der Waals surface area (Å²) in [5, 5.41) is 3.36. The molecule has 2 rings (SSSR count). The lowest BCUT2D eigenvalue weighted by Crippen LogP contribution is -2.25. The molecule has 1 aromatic carbocycles. The van der Waals surface area contributed by atoms with Crippen LogP contribution in [-0.4, -0.2) is 26.3 Å². The quantitative estimate of drug-likeness (QED) is 0.910. The molecule has 1 fully saturated rings. The second-order valence-corrected chi connectivity index (χ2v) is 5.06. The molecule has 106 valence electrons. The Hall–Kier alpha value is -1.07. The monoisotopic (exact) mass is 273 g/mol. The molecule has 0 aliphatic carbocycles. The summed E-state index contributed by atoms with van der Waals surface area (Å²) in [5.41, 5.74) is 0.371. The minimum atomic E-state index is -4.25. The van der Waals surface area contributed by atoms with Gasteiger partial charge in [-0.1, -0.05) is 12.1 Å². The molecule has 0 spiro atoms. The van der Waals surface area contributed by atoms with E-state index in [2.05, 4.69) is 5.32 Å². The Labute approximate surface area is 111 Å². The zero-order valence-corrected chi connectivity index (χ0v) is 10.8. The smallest absolute Gasteiger partial charge is 0.383 e. The summed E-state index contributed by atoms with van der Waals surface area (Å²) in [6.07, 6.45) is -2.43. The lowest BCUT2D eigenvalue weighted by atomic mass is 9.96. The Morgan fingerprint density at radius 2 is 1.95 bits per heavy atom. The van der Waals surface area contributed by atoms with Crippen molar-refractivity contribution in [3.63, 3.8) is 0 Å². The number of alkyl halides is 3. The highest BCUT2D eigenvalue weighted by molar-refractivity contribution is 5.25. The van der Waals surface area contributed by atoms with Gasteiger partial charge in [0, 0.05) is 13.2 Å². The van der Waals surface area contributed by atoms with Crippen molar-refractivity contribution in [2.45, 2.75) is 25.1 Å². The molecule has 5 heteroatoms. The van der Waals surface area contributed by atoms with Gasteiger partial charge in [-0.3, -0.25) is 0 Å². The van der Waals surface area contributed by atoms with Gasteiger partial charge in [0.1, 0.15) is 0 Å². The Morgan fingerprint density at radius 3 is 2.53 bits per heavy atom. The Morgan fingerprint density at radius 1 is 1.26 bits per heavy atom. The normalized spacial score (nSPS) is 23.8. The van der Waals surface area contributed by atoms with E-state index in [1.54, 1.807) is 19.2 Å². The molecular weight excluding hydrogens is 255 g/mol. The molecule has 0 radical (unpaired) electrons. The molecule has 1 aliphatic heterocycles. The molecule has 1 N–H and O–H groups in total. The summed E-state index contributed by atoms with van der Waals surface area (Å²) in [7, 11) is 1.67. The minimum Gasteiger partial charge on any atom is -0.383 e. The molecule has 1 saturated heterocycles. The van der Waals surface area contributed by atoms with Crippen LogP contribution in [0.1, 0.15) is 17.5 Å². The van der Waals surface area contributed by atoms with E-state index in [4.69, 9.17) is 4.74 Å². The molecule has 1 aliphatic rings. The first-order valence-corrected chi connectivity index (χ1v) is 6.37. The second-order valence-electron chi connectivity index (χ2n) is 5.06. The van der Waals surface area contributed by atoms with E-state index < -0.39 is 11.7 Å². The lowest BCUT2D eigenvalue weighted by Gasteiger charge is -2.11. The standard InChI is InChI=1S/C14H18F3NO/c1-19-9-13-7-11(8-18-13)6-10-2-4-12(5-3-10)14(15,16)17/h2-5,11,13,18H,6-9H2,1H3/t11?,13-/m0/s1. The average molecular weight is 273 g/mol. The fourth-order valence-electron chi connectivity index (χ4n) is 2.55. The van der Waals surface area contributed by atoms with Gasteiger partial charge in [-0.25, -0.2) is 0 Å². The number of hydrogen-bond donors (Lipinski definition) is 1. The molecule has 0 saturated carbocycles. The molecule has 0 bridgehead atoms. The lowest BCUT2D eigenvalue weighted by molar-refractivity contribution is -0.137. The van der Waals surface area contributed by atoms with Crippen molar-refractivity contribution in [2.75, 3.05) is 20.3 Å². The van der Waals surface area contributed by atoms with Crippen LogP contribution < -0.4 is 5.32 Å². The zero-order valence-electron chi connectivity index (χ0n) is 10.8. The highest BCUT2D eigenvalue weighted by atomic mass is 19.4. The Balaban J connectivity index is 1.90. The number of nitrogens with one attached hydrogen (secondary N) is 1. The van der Waals surface area contributed by atoms with Crippen LogP contribution in [0.2, 0.25) is 0 Å². The number of halogens is 3. The number of ether oxygens (including phenoxy) is 1. The van der Waals surface area contributed by atoms with Crippen LogP contribution >= 0.6 is 0 Å². The maximum Gasteiger partial charge on any atom is 0.416 e. The van der Waals surface area contributed by atoms with E-state index >= 15 is 0 Å². The van der Waals surface area contributed by atoms with E-state index in [9.17, 15) is 13.2 Å². The van der Waals surface area contributed by atoms with Crippen molar-refractivity contribution in [3.8, 4) is 0 Å². The number of hydrogen-bond acceptors (Lipinski definition) is 2. The van der Waals surface area contributed by atoms with Gasteiger partial charge in [-0.15, -0.1) is 0 Å². The van der Waals surface area contributed by atoms with E-state index in [-0.39, 0.29) is 0 Å². The Bertz CT molecular complexity index is 402. The molecule has 0 aromatic heterocycles. The average Bonchev–Trinajstić information content (AvgIpc) is 2.77. The molecular formula is C14H18F3NO. The fraction of sp³-hybridized carbons (Fsp3) is 0.571. The first-order chi connectivity index (χ1) is 8.99. The third kappa shape index (κ3) is 3.94. The maximum atomic E-state index is 12.4. The SMILES string of the molecule is COC[C@@H]1CC(Cc2ccc(C(F)(F)F)cc2)CN1. The van der Waals surface area contributed by atoms with Gasteiger partial charge < -0.3 is 10.1 Å². The van der Waals surface area contributed by atoms with Crippen LogP contribution in [0.5, 0.6) is 0 Å². The predicted octanol–water partition coefficient (Wildman–Crippen LogP) is 2.87.